The van der Waals surface area contributed by atoms with Gasteiger partial charge in [0.15, 0.2) is 0 Å². The predicted octanol–water partition coefficient (Wildman–Crippen LogP) is 0.728. The van der Waals surface area contributed by atoms with E-state index < -0.39 is 12.0 Å². The summed E-state index contributed by atoms with van der Waals surface area (Å²) in [6, 6.07) is 6.00. The molecule has 6 nitrogen and oxygen atoms in total. The summed E-state index contributed by atoms with van der Waals surface area (Å²) in [6.07, 6.45) is 2.14. The van der Waals surface area contributed by atoms with E-state index >= 15 is 0 Å². The third-order valence-corrected chi connectivity index (χ3v) is 3.55. The number of phenols is 1. The smallest absolute Gasteiger partial charge is 0.305 e. The van der Waals surface area contributed by atoms with E-state index in [1.807, 2.05) is 0 Å². The summed E-state index contributed by atoms with van der Waals surface area (Å²) >= 11 is 0. The second-order valence-electron chi connectivity index (χ2n) is 5.38. The SMILES string of the molecule is N[C@H](Cc1ccc(O)cc1)C(=O)N(CCC(=O)O)C1CC1. The van der Waals surface area contributed by atoms with E-state index in [4.69, 9.17) is 10.8 Å². The van der Waals surface area contributed by atoms with Gasteiger partial charge in [-0.3, -0.25) is 9.59 Å². The Balaban J connectivity index is 1.95. The maximum Gasteiger partial charge on any atom is 0.305 e. The molecule has 6 heteroatoms. The van der Waals surface area contributed by atoms with Gasteiger partial charge in [0.1, 0.15) is 5.75 Å². The van der Waals surface area contributed by atoms with Crippen molar-refractivity contribution in [3.05, 3.63) is 29.8 Å². The van der Waals surface area contributed by atoms with Crippen molar-refractivity contribution in [1.82, 2.24) is 4.90 Å². The lowest BCUT2D eigenvalue weighted by atomic mass is 10.1. The van der Waals surface area contributed by atoms with Crippen LogP contribution in [0.25, 0.3) is 0 Å². The minimum absolute atomic E-state index is 0.0613. The average Bonchev–Trinajstić information content (AvgIpc) is 3.25. The number of aromatic hydroxyl groups is 1. The van der Waals surface area contributed by atoms with Gasteiger partial charge in [0.05, 0.1) is 12.5 Å². The van der Waals surface area contributed by atoms with Gasteiger partial charge in [-0.05, 0) is 37.0 Å². The highest BCUT2D eigenvalue weighted by Crippen LogP contribution is 2.27. The second kappa shape index (κ2) is 6.58. The second-order valence-corrected chi connectivity index (χ2v) is 5.38. The van der Waals surface area contributed by atoms with Crippen LogP contribution in [0.15, 0.2) is 24.3 Å². The lowest BCUT2D eigenvalue weighted by Gasteiger charge is -2.25. The van der Waals surface area contributed by atoms with Crippen molar-refractivity contribution in [1.29, 1.82) is 0 Å². The van der Waals surface area contributed by atoms with Crippen LogP contribution in [-0.4, -0.2) is 45.6 Å². The van der Waals surface area contributed by atoms with E-state index in [0.717, 1.165) is 18.4 Å². The van der Waals surface area contributed by atoms with Crippen molar-refractivity contribution in [2.24, 2.45) is 5.73 Å². The molecule has 0 bridgehead atoms. The highest BCUT2D eigenvalue weighted by atomic mass is 16.4. The molecule has 0 saturated heterocycles. The van der Waals surface area contributed by atoms with Crippen LogP contribution in [0.4, 0.5) is 0 Å². The summed E-state index contributed by atoms with van der Waals surface area (Å²) in [5, 5.41) is 18.0. The molecular weight excluding hydrogens is 272 g/mol. The number of amides is 1. The standard InChI is InChI=1S/C15H20N2O4/c16-13(9-10-1-5-12(18)6-2-10)15(21)17(11-3-4-11)8-7-14(19)20/h1-2,5-6,11,13,18H,3-4,7-9,16H2,(H,19,20)/t13-/m1/s1. The molecule has 1 atom stereocenters. The van der Waals surface area contributed by atoms with Gasteiger partial charge < -0.3 is 20.8 Å². The Kier molecular flexibility index (Phi) is 4.80. The first-order valence-electron chi connectivity index (χ1n) is 7.03. The molecule has 1 saturated carbocycles. The van der Waals surface area contributed by atoms with Crippen molar-refractivity contribution in [2.45, 2.75) is 37.8 Å². The normalized spacial score (nSPS) is 15.5. The Labute approximate surface area is 123 Å². The number of nitrogens with zero attached hydrogens (tertiary/aromatic N) is 1. The molecule has 1 aromatic carbocycles. The van der Waals surface area contributed by atoms with Crippen LogP contribution in [0, 0.1) is 0 Å². The van der Waals surface area contributed by atoms with E-state index in [2.05, 4.69) is 0 Å². The molecule has 0 aromatic heterocycles. The highest BCUT2D eigenvalue weighted by Gasteiger charge is 2.34. The number of carboxylic acids is 1. The number of aliphatic carboxylic acids is 1. The lowest BCUT2D eigenvalue weighted by molar-refractivity contribution is -0.139. The number of phenolic OH excluding ortho intramolecular Hbond substituents is 1. The summed E-state index contributed by atoms with van der Waals surface area (Å²) in [4.78, 5) is 24.6. The molecule has 1 aliphatic rings. The topological polar surface area (TPSA) is 104 Å². The van der Waals surface area contributed by atoms with E-state index in [-0.39, 0.29) is 30.7 Å². The van der Waals surface area contributed by atoms with Crippen molar-refractivity contribution >= 4 is 11.9 Å². The van der Waals surface area contributed by atoms with Gasteiger partial charge in [-0.2, -0.15) is 0 Å². The van der Waals surface area contributed by atoms with Gasteiger partial charge in [0.2, 0.25) is 5.91 Å². The van der Waals surface area contributed by atoms with Crippen LogP contribution in [0.3, 0.4) is 0 Å². The molecule has 1 aliphatic carbocycles. The minimum Gasteiger partial charge on any atom is -0.508 e. The summed E-state index contributed by atoms with van der Waals surface area (Å²) in [5.74, 6) is -0.952. The van der Waals surface area contributed by atoms with Gasteiger partial charge in [-0.15, -0.1) is 0 Å². The maximum absolute atomic E-state index is 12.4. The summed E-state index contributed by atoms with van der Waals surface area (Å²) < 4.78 is 0. The van der Waals surface area contributed by atoms with Crippen molar-refractivity contribution in [2.75, 3.05) is 6.54 Å². The number of nitrogens with two attached hydrogens (primary N) is 1. The Morgan fingerprint density at radius 3 is 2.43 bits per heavy atom. The van der Waals surface area contributed by atoms with Crippen LogP contribution in [0.5, 0.6) is 5.75 Å². The minimum atomic E-state index is -0.916. The zero-order chi connectivity index (χ0) is 15.4. The number of hydrogen-bond donors (Lipinski definition) is 3. The zero-order valence-electron chi connectivity index (χ0n) is 11.7. The molecule has 114 valence electrons. The van der Waals surface area contributed by atoms with Crippen LogP contribution < -0.4 is 5.73 Å². The van der Waals surface area contributed by atoms with Gasteiger partial charge in [0.25, 0.3) is 0 Å². The van der Waals surface area contributed by atoms with Crippen molar-refractivity contribution < 1.29 is 19.8 Å². The molecule has 1 fully saturated rings. The molecule has 0 unspecified atom stereocenters. The quantitative estimate of drug-likeness (QED) is 0.687. The number of carbonyl (C=O) groups is 2. The number of carboxylic acid groups (broad SMARTS) is 1. The summed E-state index contributed by atoms with van der Waals surface area (Å²) in [5.41, 5.74) is 6.82. The largest absolute Gasteiger partial charge is 0.508 e. The first-order valence-corrected chi connectivity index (χ1v) is 7.03. The molecular formula is C15H20N2O4. The third-order valence-electron chi connectivity index (χ3n) is 3.55. The Bertz CT molecular complexity index is 511. The van der Waals surface area contributed by atoms with Crippen molar-refractivity contribution in [3.8, 4) is 5.75 Å². The van der Waals surface area contributed by atoms with Crippen LogP contribution in [0.1, 0.15) is 24.8 Å². The van der Waals surface area contributed by atoms with Gasteiger partial charge in [-0.1, -0.05) is 12.1 Å². The molecule has 0 aliphatic heterocycles. The molecule has 4 N–H and O–H groups in total. The first-order chi connectivity index (χ1) is 9.97. The van der Waals surface area contributed by atoms with Crippen LogP contribution in [0.2, 0.25) is 0 Å². The van der Waals surface area contributed by atoms with Gasteiger partial charge >= 0.3 is 5.97 Å². The summed E-state index contributed by atoms with van der Waals surface area (Å²) in [6.45, 7) is 0.210. The molecule has 1 aromatic rings. The fraction of sp³-hybridized carbons (Fsp3) is 0.467. The molecule has 0 spiro atoms. The number of carbonyl (C=O) groups excluding carboxylic acids is 1. The molecule has 1 amide bonds. The highest BCUT2D eigenvalue weighted by molar-refractivity contribution is 5.83. The van der Waals surface area contributed by atoms with E-state index in [0.29, 0.717) is 6.42 Å². The fourth-order valence-electron chi connectivity index (χ4n) is 2.26. The molecule has 21 heavy (non-hydrogen) atoms. The fourth-order valence-corrected chi connectivity index (χ4v) is 2.26. The van der Waals surface area contributed by atoms with E-state index in [1.165, 1.54) is 0 Å². The number of hydrogen-bond acceptors (Lipinski definition) is 4. The zero-order valence-corrected chi connectivity index (χ0v) is 11.7. The Hall–Kier alpha value is -2.08. The lowest BCUT2D eigenvalue weighted by Crippen LogP contribution is -2.46. The van der Waals surface area contributed by atoms with Crippen LogP contribution >= 0.6 is 0 Å². The van der Waals surface area contributed by atoms with Crippen molar-refractivity contribution in [3.63, 3.8) is 0 Å². The van der Waals surface area contributed by atoms with Crippen LogP contribution in [-0.2, 0) is 16.0 Å². The maximum atomic E-state index is 12.4. The molecule has 2 rings (SSSR count). The van der Waals surface area contributed by atoms with E-state index in [1.54, 1.807) is 29.2 Å². The monoisotopic (exact) mass is 292 g/mol. The molecule has 0 radical (unpaired) electrons. The first kappa shape index (κ1) is 15.3. The van der Waals surface area contributed by atoms with E-state index in [9.17, 15) is 14.7 Å². The average molecular weight is 292 g/mol. The van der Waals surface area contributed by atoms with Gasteiger partial charge in [0, 0.05) is 12.6 Å². The Morgan fingerprint density at radius 1 is 1.29 bits per heavy atom. The number of rotatable bonds is 7. The summed E-state index contributed by atoms with van der Waals surface area (Å²) in [7, 11) is 0. The molecule has 0 heterocycles. The number of benzene rings is 1. The predicted molar refractivity (Wildman–Crippen MR) is 76.8 cm³/mol. The van der Waals surface area contributed by atoms with Gasteiger partial charge in [-0.25, -0.2) is 0 Å². The Morgan fingerprint density at radius 2 is 1.90 bits per heavy atom. The third kappa shape index (κ3) is 4.46.